The third kappa shape index (κ3) is 18.4. The van der Waals surface area contributed by atoms with E-state index in [0.717, 1.165) is 37.1 Å². The van der Waals surface area contributed by atoms with Crippen LogP contribution in [-0.4, -0.2) is 44.9 Å². The van der Waals surface area contributed by atoms with Crippen molar-refractivity contribution in [2.45, 2.75) is 96.8 Å². The van der Waals surface area contributed by atoms with Crippen LogP contribution in [0.25, 0.3) is 0 Å². The number of halogens is 1. The molecule has 0 aliphatic rings. The molecule has 0 bridgehead atoms. The van der Waals surface area contributed by atoms with Crippen LogP contribution in [0.2, 0.25) is 0 Å². The number of quaternary nitrogens is 1. The Morgan fingerprint density at radius 1 is 0.633 bits per heavy atom. The number of nitrogens with zero attached hydrogens (tertiary/aromatic N) is 1. The maximum atomic E-state index is 5.89. The molecule has 0 unspecified atom stereocenters. The van der Waals surface area contributed by atoms with Crippen LogP contribution >= 0.6 is 0 Å². The molecule has 0 amide bonds. The highest BCUT2D eigenvalue weighted by Gasteiger charge is 2.13. The molecular weight excluding hydrogens is 434 g/mol. The van der Waals surface area contributed by atoms with Crippen LogP contribution in [-0.2, 0) is 11.2 Å². The highest BCUT2D eigenvalue weighted by Crippen LogP contribution is 2.12. The molecule has 0 heterocycles. The standard InChI is InChI=1S/C27H50NO.BrH/c1-4-5-6-7-8-9-10-11-12-13-14-18-23-28(2,3)24-26-29-25-19-22-27-20-16-15-17-21-27;/h15-17,20-21H,4-14,18-19,22-26H2,1-3H3;1H/q+1;/p-1. The molecule has 0 saturated heterocycles. The van der Waals surface area contributed by atoms with Crippen molar-refractivity contribution < 1.29 is 26.2 Å². The van der Waals surface area contributed by atoms with Crippen LogP contribution in [0.5, 0.6) is 0 Å². The number of unbranched alkanes of at least 4 members (excludes halogenated alkanes) is 11. The third-order valence-electron chi connectivity index (χ3n) is 6.05. The summed E-state index contributed by atoms with van der Waals surface area (Å²) in [5.74, 6) is 0. The predicted octanol–water partition coefficient (Wildman–Crippen LogP) is 4.42. The molecule has 0 aliphatic carbocycles. The van der Waals surface area contributed by atoms with E-state index in [2.05, 4.69) is 51.4 Å². The molecule has 1 aromatic carbocycles. The molecule has 3 heteroatoms. The number of rotatable bonds is 20. The van der Waals surface area contributed by atoms with Crippen molar-refractivity contribution in [2.75, 3.05) is 40.4 Å². The largest absolute Gasteiger partial charge is 1.00 e. The summed E-state index contributed by atoms with van der Waals surface area (Å²) in [5.41, 5.74) is 1.42. The Bertz CT molecular complexity index is 463. The molecule has 0 aromatic heterocycles. The Labute approximate surface area is 199 Å². The van der Waals surface area contributed by atoms with Gasteiger partial charge < -0.3 is 26.2 Å². The lowest BCUT2D eigenvalue weighted by molar-refractivity contribution is -0.891. The minimum atomic E-state index is 0. The van der Waals surface area contributed by atoms with Crippen LogP contribution in [0.15, 0.2) is 30.3 Å². The molecular formula is C27H50BrNO. The molecule has 0 spiro atoms. The predicted molar refractivity (Wildman–Crippen MR) is 129 cm³/mol. The van der Waals surface area contributed by atoms with E-state index < -0.39 is 0 Å². The van der Waals surface area contributed by atoms with E-state index in [1.807, 2.05) is 0 Å². The monoisotopic (exact) mass is 483 g/mol. The van der Waals surface area contributed by atoms with Gasteiger partial charge in [-0.3, -0.25) is 0 Å². The highest BCUT2D eigenvalue weighted by molar-refractivity contribution is 5.14. The van der Waals surface area contributed by atoms with Gasteiger partial charge in [-0.2, -0.15) is 0 Å². The molecule has 1 rings (SSSR count). The first-order valence-corrected chi connectivity index (χ1v) is 12.6. The van der Waals surface area contributed by atoms with Crippen molar-refractivity contribution in [1.29, 1.82) is 0 Å². The van der Waals surface area contributed by atoms with E-state index in [-0.39, 0.29) is 17.0 Å². The summed E-state index contributed by atoms with van der Waals surface area (Å²) < 4.78 is 6.98. The van der Waals surface area contributed by atoms with Crippen molar-refractivity contribution in [1.82, 2.24) is 0 Å². The SMILES string of the molecule is CCCCCCCCCCCCCC[N+](C)(C)CCOCCCc1ccccc1.[Br-]. The minimum Gasteiger partial charge on any atom is -1.00 e. The lowest BCUT2D eigenvalue weighted by Crippen LogP contribution is -3.00. The fourth-order valence-electron chi connectivity index (χ4n) is 3.93. The van der Waals surface area contributed by atoms with Gasteiger partial charge in [-0.25, -0.2) is 0 Å². The minimum absolute atomic E-state index is 0. The normalized spacial score (nSPS) is 11.4. The van der Waals surface area contributed by atoms with Crippen molar-refractivity contribution >= 4 is 0 Å². The second-order valence-electron chi connectivity index (χ2n) is 9.47. The summed E-state index contributed by atoms with van der Waals surface area (Å²) in [6.07, 6.45) is 19.4. The van der Waals surface area contributed by atoms with Crippen LogP contribution in [0.4, 0.5) is 0 Å². The summed E-state index contributed by atoms with van der Waals surface area (Å²) in [6, 6.07) is 10.7. The quantitative estimate of drug-likeness (QED) is 0.197. The van der Waals surface area contributed by atoms with Gasteiger partial charge in [0, 0.05) is 6.61 Å². The van der Waals surface area contributed by atoms with Crippen molar-refractivity contribution in [3.63, 3.8) is 0 Å². The van der Waals surface area contributed by atoms with Crippen molar-refractivity contribution in [3.05, 3.63) is 35.9 Å². The lowest BCUT2D eigenvalue weighted by Gasteiger charge is -2.29. The lowest BCUT2D eigenvalue weighted by atomic mass is 10.1. The van der Waals surface area contributed by atoms with Crippen LogP contribution in [0, 0.1) is 0 Å². The van der Waals surface area contributed by atoms with Gasteiger partial charge in [-0.1, -0.05) is 101 Å². The van der Waals surface area contributed by atoms with E-state index >= 15 is 0 Å². The fraction of sp³-hybridized carbons (Fsp3) is 0.778. The number of hydrogen-bond acceptors (Lipinski definition) is 1. The molecule has 176 valence electrons. The second kappa shape index (κ2) is 20.5. The zero-order chi connectivity index (χ0) is 21.0. The maximum absolute atomic E-state index is 5.89. The second-order valence-corrected chi connectivity index (χ2v) is 9.47. The molecule has 30 heavy (non-hydrogen) atoms. The Hall–Kier alpha value is -0.380. The molecule has 0 radical (unpaired) electrons. The number of likely N-dealkylation sites (N-methyl/N-ethyl adjacent to an activating group) is 1. The van der Waals surface area contributed by atoms with Gasteiger partial charge in [0.15, 0.2) is 0 Å². The number of hydrogen-bond donors (Lipinski definition) is 0. The zero-order valence-corrected chi connectivity index (χ0v) is 21.9. The molecule has 0 N–H and O–H groups in total. The summed E-state index contributed by atoms with van der Waals surface area (Å²) in [4.78, 5) is 0. The smallest absolute Gasteiger partial charge is 0.102 e. The zero-order valence-electron chi connectivity index (χ0n) is 20.3. The Kier molecular flexibility index (Phi) is 20.3. The first kappa shape index (κ1) is 29.6. The molecule has 0 atom stereocenters. The average molecular weight is 485 g/mol. The Morgan fingerprint density at radius 3 is 1.73 bits per heavy atom. The molecule has 2 nitrogen and oxygen atoms in total. The van der Waals surface area contributed by atoms with Crippen LogP contribution in [0.1, 0.15) is 96.0 Å². The van der Waals surface area contributed by atoms with Gasteiger partial charge in [0.1, 0.15) is 6.54 Å². The van der Waals surface area contributed by atoms with E-state index in [0.29, 0.717) is 0 Å². The summed E-state index contributed by atoms with van der Waals surface area (Å²) in [6.45, 7) is 6.48. The average Bonchev–Trinajstić information content (AvgIpc) is 2.72. The summed E-state index contributed by atoms with van der Waals surface area (Å²) >= 11 is 0. The summed E-state index contributed by atoms with van der Waals surface area (Å²) in [7, 11) is 4.71. The van der Waals surface area contributed by atoms with Gasteiger partial charge in [0.25, 0.3) is 0 Å². The van der Waals surface area contributed by atoms with Gasteiger partial charge in [0.2, 0.25) is 0 Å². The van der Waals surface area contributed by atoms with Crippen LogP contribution in [0.3, 0.4) is 0 Å². The van der Waals surface area contributed by atoms with Crippen molar-refractivity contribution in [2.24, 2.45) is 0 Å². The van der Waals surface area contributed by atoms with Gasteiger partial charge in [-0.15, -0.1) is 0 Å². The topological polar surface area (TPSA) is 9.23 Å². The highest BCUT2D eigenvalue weighted by atomic mass is 79.9. The van der Waals surface area contributed by atoms with Crippen molar-refractivity contribution in [3.8, 4) is 0 Å². The van der Waals surface area contributed by atoms with E-state index in [1.165, 1.54) is 89.2 Å². The van der Waals surface area contributed by atoms with E-state index in [4.69, 9.17) is 4.74 Å². The number of aryl methyl sites for hydroxylation is 1. The third-order valence-corrected chi connectivity index (χ3v) is 6.05. The molecule has 0 saturated carbocycles. The van der Waals surface area contributed by atoms with Gasteiger partial charge in [-0.05, 0) is 31.2 Å². The molecule has 1 aromatic rings. The molecule has 0 aliphatic heterocycles. The molecule has 0 fully saturated rings. The van der Waals surface area contributed by atoms with E-state index in [9.17, 15) is 0 Å². The Balaban J connectivity index is 0.00000841. The first-order chi connectivity index (χ1) is 14.1. The van der Waals surface area contributed by atoms with Crippen LogP contribution < -0.4 is 17.0 Å². The van der Waals surface area contributed by atoms with Gasteiger partial charge >= 0.3 is 0 Å². The fourth-order valence-corrected chi connectivity index (χ4v) is 3.93. The number of ether oxygens (including phenoxy) is 1. The van der Waals surface area contributed by atoms with E-state index in [1.54, 1.807) is 0 Å². The maximum Gasteiger partial charge on any atom is 0.102 e. The summed E-state index contributed by atoms with van der Waals surface area (Å²) in [5, 5.41) is 0. The first-order valence-electron chi connectivity index (χ1n) is 12.6. The Morgan fingerprint density at radius 2 is 1.17 bits per heavy atom. The van der Waals surface area contributed by atoms with Gasteiger partial charge in [0.05, 0.1) is 27.2 Å². The number of benzene rings is 1.